The van der Waals surface area contributed by atoms with E-state index in [1.165, 1.54) is 26.4 Å². The number of carbonyl (C=O) groups is 1. The highest BCUT2D eigenvalue weighted by Crippen LogP contribution is 2.42. The highest BCUT2D eigenvalue weighted by Gasteiger charge is 2.47. The minimum absolute atomic E-state index is 0. The summed E-state index contributed by atoms with van der Waals surface area (Å²) in [7, 11) is 2.55. The van der Waals surface area contributed by atoms with E-state index in [0.717, 1.165) is 0 Å². The molecule has 0 spiro atoms. The summed E-state index contributed by atoms with van der Waals surface area (Å²) in [6.07, 6.45) is -0.938. The van der Waals surface area contributed by atoms with Gasteiger partial charge in [0.25, 0.3) is 0 Å². The zero-order valence-electron chi connectivity index (χ0n) is 11.2. The van der Waals surface area contributed by atoms with Crippen LogP contribution < -0.4 is 14.8 Å². The first-order valence-electron chi connectivity index (χ1n) is 5.65. The topological polar surface area (TPSA) is 77.0 Å². The summed E-state index contributed by atoms with van der Waals surface area (Å²) >= 11 is 0. The van der Waals surface area contributed by atoms with Crippen LogP contribution in [0.3, 0.4) is 0 Å². The Morgan fingerprint density at radius 3 is 2.33 bits per heavy atom. The molecule has 1 amide bonds. The molecule has 21 heavy (non-hydrogen) atoms. The van der Waals surface area contributed by atoms with Crippen molar-refractivity contribution < 1.29 is 32.9 Å². The van der Waals surface area contributed by atoms with E-state index >= 15 is 0 Å². The van der Waals surface area contributed by atoms with Crippen molar-refractivity contribution in [1.82, 2.24) is 5.32 Å². The molecule has 1 aromatic carbocycles. The molecule has 0 saturated carbocycles. The van der Waals surface area contributed by atoms with E-state index in [4.69, 9.17) is 9.47 Å². The number of rotatable bonds is 3. The van der Waals surface area contributed by atoms with Crippen LogP contribution in [0.4, 0.5) is 13.6 Å². The van der Waals surface area contributed by atoms with Crippen molar-refractivity contribution in [1.29, 1.82) is 0 Å². The molecule has 9 heteroatoms. The Bertz CT molecular complexity index is 515. The van der Waals surface area contributed by atoms with Gasteiger partial charge in [0.05, 0.1) is 14.2 Å². The molecular formula is C12H14ClF2NO5. The number of aromatic hydroxyl groups is 1. The van der Waals surface area contributed by atoms with Crippen LogP contribution in [-0.2, 0) is 4.74 Å². The normalized spacial score (nSPS) is 19.8. The van der Waals surface area contributed by atoms with Gasteiger partial charge in [-0.25, -0.2) is 13.6 Å². The minimum Gasteiger partial charge on any atom is -0.502 e. The number of nitrogens with one attached hydrogen (secondary N) is 1. The van der Waals surface area contributed by atoms with Crippen molar-refractivity contribution in [3.8, 4) is 17.2 Å². The molecule has 0 aromatic heterocycles. The van der Waals surface area contributed by atoms with Gasteiger partial charge in [-0.2, -0.15) is 0 Å². The molecule has 1 fully saturated rings. The van der Waals surface area contributed by atoms with Crippen molar-refractivity contribution in [2.45, 2.75) is 12.0 Å². The molecule has 0 radical (unpaired) electrons. The number of amides is 1. The molecular weight excluding hydrogens is 312 g/mol. The van der Waals surface area contributed by atoms with Crippen molar-refractivity contribution in [2.75, 3.05) is 20.8 Å². The molecule has 6 nitrogen and oxygen atoms in total. The van der Waals surface area contributed by atoms with Crippen LogP contribution in [-0.4, -0.2) is 37.9 Å². The number of cyclic esters (lactones) is 1. The third-order valence-corrected chi connectivity index (χ3v) is 2.92. The lowest BCUT2D eigenvalue weighted by atomic mass is 9.99. The molecule has 2 N–H and O–H groups in total. The molecule has 118 valence electrons. The maximum Gasteiger partial charge on any atom is 0.408 e. The number of phenolic OH excluding ortho intramolecular Hbond substituents is 1. The van der Waals surface area contributed by atoms with Crippen LogP contribution in [0.15, 0.2) is 12.1 Å². The predicted octanol–water partition coefficient (Wildman–Crippen LogP) is 2.25. The fourth-order valence-electron chi connectivity index (χ4n) is 1.92. The number of halogens is 3. The Kier molecular flexibility index (Phi) is 5.06. The highest BCUT2D eigenvalue weighted by atomic mass is 35.5. The van der Waals surface area contributed by atoms with Crippen LogP contribution in [0.2, 0.25) is 0 Å². The van der Waals surface area contributed by atoms with Gasteiger partial charge in [-0.1, -0.05) is 0 Å². The monoisotopic (exact) mass is 325 g/mol. The van der Waals surface area contributed by atoms with Crippen molar-refractivity contribution in [2.24, 2.45) is 0 Å². The lowest BCUT2D eigenvalue weighted by Gasteiger charge is -2.32. The zero-order valence-corrected chi connectivity index (χ0v) is 12.0. The maximum atomic E-state index is 13.8. The smallest absolute Gasteiger partial charge is 0.408 e. The maximum absolute atomic E-state index is 13.8. The second-order valence-electron chi connectivity index (χ2n) is 4.19. The van der Waals surface area contributed by atoms with Gasteiger partial charge in [0.2, 0.25) is 5.75 Å². The second-order valence-corrected chi connectivity index (χ2v) is 4.19. The van der Waals surface area contributed by atoms with Crippen molar-refractivity contribution >= 4 is 18.5 Å². The average molecular weight is 326 g/mol. The van der Waals surface area contributed by atoms with Crippen molar-refractivity contribution in [3.05, 3.63) is 17.7 Å². The van der Waals surface area contributed by atoms with Crippen molar-refractivity contribution in [3.63, 3.8) is 0 Å². The van der Waals surface area contributed by atoms with Gasteiger partial charge < -0.3 is 24.6 Å². The highest BCUT2D eigenvalue weighted by molar-refractivity contribution is 5.85. The van der Waals surface area contributed by atoms with E-state index < -0.39 is 24.7 Å². The van der Waals surface area contributed by atoms with E-state index in [1.54, 1.807) is 0 Å². The SMILES string of the molecule is COc1cc([C@@H]2NC(=O)OCC2(F)F)cc(OC)c1O.Cl. The standard InChI is InChI=1S/C12H13F2NO5.ClH/c1-18-7-3-6(4-8(19-2)9(7)16)10-12(13,14)5-20-11(17)15-10;/h3-4,10,16H,5H2,1-2H3,(H,15,17);1H/t10-;/m0./s1. The number of methoxy groups -OCH3 is 2. The van der Waals surface area contributed by atoms with E-state index in [0.29, 0.717) is 0 Å². The summed E-state index contributed by atoms with van der Waals surface area (Å²) in [6, 6.07) is 0.830. The molecule has 1 atom stereocenters. The Labute approximate surface area is 125 Å². The Balaban J connectivity index is 0.00000220. The van der Waals surface area contributed by atoms with Gasteiger partial charge >= 0.3 is 12.0 Å². The first kappa shape index (κ1) is 17.1. The fraction of sp³-hybridized carbons (Fsp3) is 0.417. The third kappa shape index (κ3) is 3.21. The van der Waals surface area contributed by atoms with Crippen LogP contribution in [0.25, 0.3) is 0 Å². The largest absolute Gasteiger partial charge is 0.502 e. The van der Waals surface area contributed by atoms with Crippen LogP contribution >= 0.6 is 12.4 Å². The summed E-state index contributed by atoms with van der Waals surface area (Å²) < 4.78 is 41.7. The molecule has 1 saturated heterocycles. The molecule has 0 aliphatic carbocycles. The summed E-state index contributed by atoms with van der Waals surface area (Å²) in [5.74, 6) is -3.66. The summed E-state index contributed by atoms with van der Waals surface area (Å²) in [4.78, 5) is 11.1. The van der Waals surface area contributed by atoms with Crippen LogP contribution in [0.5, 0.6) is 17.2 Å². The summed E-state index contributed by atoms with van der Waals surface area (Å²) in [6.45, 7) is -1.02. The predicted molar refractivity (Wildman–Crippen MR) is 70.6 cm³/mol. The Hall–Kier alpha value is -1.96. The molecule has 2 rings (SSSR count). The number of hydrogen-bond donors (Lipinski definition) is 2. The molecule has 1 heterocycles. The Morgan fingerprint density at radius 1 is 1.33 bits per heavy atom. The van der Waals surface area contributed by atoms with Gasteiger partial charge in [0, 0.05) is 0 Å². The zero-order chi connectivity index (χ0) is 14.9. The fourth-order valence-corrected chi connectivity index (χ4v) is 1.92. The molecule has 0 bridgehead atoms. The molecule has 1 aromatic rings. The van der Waals surface area contributed by atoms with E-state index in [9.17, 15) is 18.7 Å². The van der Waals surface area contributed by atoms with Crippen LogP contribution in [0, 0.1) is 0 Å². The second kappa shape index (κ2) is 6.21. The van der Waals surface area contributed by atoms with Gasteiger partial charge in [0.1, 0.15) is 6.04 Å². The first-order valence-corrected chi connectivity index (χ1v) is 5.65. The number of benzene rings is 1. The number of hydrogen-bond acceptors (Lipinski definition) is 5. The Morgan fingerprint density at radius 2 is 1.86 bits per heavy atom. The van der Waals surface area contributed by atoms with E-state index in [1.807, 2.05) is 5.32 Å². The first-order chi connectivity index (χ1) is 9.39. The number of alkyl carbamates (subject to hydrolysis) is 1. The number of phenols is 1. The average Bonchev–Trinajstić information content (AvgIpc) is 2.42. The summed E-state index contributed by atoms with van der Waals surface area (Å²) in [5.41, 5.74) is 0.0400. The van der Waals surface area contributed by atoms with Gasteiger partial charge in [-0.15, -0.1) is 12.4 Å². The third-order valence-electron chi connectivity index (χ3n) is 2.92. The van der Waals surface area contributed by atoms with Crippen LogP contribution in [0.1, 0.15) is 11.6 Å². The molecule has 1 aliphatic rings. The number of ether oxygens (including phenoxy) is 3. The van der Waals surface area contributed by atoms with Gasteiger partial charge in [-0.3, -0.25) is 0 Å². The molecule has 1 aliphatic heterocycles. The number of alkyl halides is 2. The lowest BCUT2D eigenvalue weighted by molar-refractivity contribution is -0.104. The van der Waals surface area contributed by atoms with Gasteiger partial charge in [0.15, 0.2) is 18.1 Å². The lowest BCUT2D eigenvalue weighted by Crippen LogP contribution is -2.49. The van der Waals surface area contributed by atoms with E-state index in [-0.39, 0.29) is 35.2 Å². The summed E-state index contributed by atoms with van der Waals surface area (Å²) in [5, 5.41) is 11.8. The quantitative estimate of drug-likeness (QED) is 0.891. The number of carbonyl (C=O) groups excluding carboxylic acids is 1. The minimum atomic E-state index is -3.29. The molecule has 0 unspecified atom stereocenters. The van der Waals surface area contributed by atoms with Gasteiger partial charge in [-0.05, 0) is 17.7 Å². The van der Waals surface area contributed by atoms with E-state index in [2.05, 4.69) is 4.74 Å².